The average molecular weight is 472 g/mol. The maximum Gasteiger partial charge on any atom is 0.0743 e. The zero-order valence-electron chi connectivity index (χ0n) is 20.5. The van der Waals surface area contributed by atoms with Crippen LogP contribution in [0.15, 0.2) is 97.2 Å². The lowest BCUT2D eigenvalue weighted by Gasteiger charge is -2.34. The Morgan fingerprint density at radius 3 is 2.46 bits per heavy atom. The van der Waals surface area contributed by atoms with E-state index in [-0.39, 0.29) is 5.41 Å². The van der Waals surface area contributed by atoms with Gasteiger partial charge in [-0.15, -0.1) is 0 Å². The highest BCUT2D eigenvalue weighted by Gasteiger charge is 2.63. The van der Waals surface area contributed by atoms with Gasteiger partial charge in [0.1, 0.15) is 0 Å². The zero-order chi connectivity index (χ0) is 23.9. The molecule has 1 aromatic heterocycles. The molecule has 2 saturated carbocycles. The number of hydrogen-bond acceptors (Lipinski definition) is 1. The summed E-state index contributed by atoms with van der Waals surface area (Å²) in [5, 5.41) is 1.25. The first kappa shape index (κ1) is 19.2. The Kier molecular flexibility index (Phi) is 3.26. The maximum atomic E-state index is 4.93. The van der Waals surface area contributed by atoms with Crippen molar-refractivity contribution in [2.45, 2.75) is 36.5 Å². The minimum atomic E-state index is 0.0295. The molecule has 0 spiro atoms. The van der Waals surface area contributed by atoms with Crippen LogP contribution in [0.2, 0.25) is 0 Å². The molecule has 2 fully saturated rings. The summed E-state index contributed by atoms with van der Waals surface area (Å²) in [6, 6.07) is 32.1. The van der Waals surface area contributed by atoms with E-state index in [1.165, 1.54) is 62.7 Å². The van der Waals surface area contributed by atoms with Gasteiger partial charge in [-0.1, -0.05) is 78.9 Å². The first-order chi connectivity index (χ1) is 18.3. The Morgan fingerprint density at radius 1 is 0.703 bits per heavy atom. The molecule has 174 valence electrons. The lowest BCUT2D eigenvalue weighted by atomic mass is 9.69. The molecule has 4 atom stereocenters. The smallest absolute Gasteiger partial charge is 0.0743 e. The SMILES string of the molecule is C1=C2Cc3c(cc4c(c3C3CC13)C1CC1(c1cccc3cccnc13)c1ccccc1-4)-c1ccccc12. The van der Waals surface area contributed by atoms with Gasteiger partial charge in [0, 0.05) is 17.0 Å². The zero-order valence-corrected chi connectivity index (χ0v) is 20.5. The summed E-state index contributed by atoms with van der Waals surface area (Å²) in [5.74, 6) is 1.92. The quantitative estimate of drug-likeness (QED) is 0.239. The molecule has 0 amide bonds. The van der Waals surface area contributed by atoms with Gasteiger partial charge in [0.05, 0.1) is 5.52 Å². The summed E-state index contributed by atoms with van der Waals surface area (Å²) in [7, 11) is 0. The Bertz CT molecular complexity index is 1890. The molecule has 4 unspecified atom stereocenters. The standard InChI is InChI=1S/C36H25N/c1-2-10-24-23(9-1)21-15-22-16-26(22)33-28(17-21)27(24)18-29-25-11-3-4-12-30(25)36(19-32(36)34(29)33)31-13-5-7-20-8-6-14-37-35(20)31/h1-15,18,22,26,32H,16-17,19H2. The van der Waals surface area contributed by atoms with E-state index in [0.717, 1.165) is 6.42 Å². The number of aromatic nitrogens is 1. The molecule has 1 heterocycles. The number of hydrogen-bond donors (Lipinski definition) is 0. The second-order valence-electron chi connectivity index (χ2n) is 11.9. The number of allylic oxidation sites excluding steroid dienone is 2. The van der Waals surface area contributed by atoms with Crippen LogP contribution in [0.4, 0.5) is 0 Å². The first-order valence-electron chi connectivity index (χ1n) is 13.8. The van der Waals surface area contributed by atoms with Crippen LogP contribution in [0.25, 0.3) is 38.7 Å². The molecule has 1 heteroatoms. The summed E-state index contributed by atoms with van der Waals surface area (Å²) in [4.78, 5) is 4.93. The molecule has 0 radical (unpaired) electrons. The Hall–Kier alpha value is -3.97. The summed E-state index contributed by atoms with van der Waals surface area (Å²) >= 11 is 0. The van der Waals surface area contributed by atoms with E-state index in [1.54, 1.807) is 22.3 Å². The van der Waals surface area contributed by atoms with Crippen LogP contribution in [0.1, 0.15) is 58.1 Å². The van der Waals surface area contributed by atoms with Gasteiger partial charge in [-0.05, 0) is 110 Å². The molecule has 1 nitrogen and oxygen atoms in total. The highest BCUT2D eigenvalue weighted by molar-refractivity contribution is 5.96. The lowest BCUT2D eigenvalue weighted by molar-refractivity contribution is 0.788. The van der Waals surface area contributed by atoms with Crippen molar-refractivity contribution in [1.82, 2.24) is 4.98 Å². The molecule has 0 aliphatic heterocycles. The van der Waals surface area contributed by atoms with Crippen molar-refractivity contribution in [2.75, 3.05) is 0 Å². The van der Waals surface area contributed by atoms with Gasteiger partial charge >= 0.3 is 0 Å². The van der Waals surface area contributed by atoms with E-state index in [0.29, 0.717) is 17.8 Å². The summed E-state index contributed by atoms with van der Waals surface area (Å²) < 4.78 is 0. The second-order valence-corrected chi connectivity index (χ2v) is 11.9. The molecule has 0 saturated heterocycles. The number of fused-ring (bicyclic) bond motifs is 14. The van der Waals surface area contributed by atoms with Crippen LogP contribution in [0.3, 0.4) is 0 Å². The van der Waals surface area contributed by atoms with E-state index < -0.39 is 0 Å². The van der Waals surface area contributed by atoms with Gasteiger partial charge in [0.15, 0.2) is 0 Å². The van der Waals surface area contributed by atoms with Gasteiger partial charge in [-0.3, -0.25) is 4.98 Å². The number of para-hydroxylation sites is 1. The van der Waals surface area contributed by atoms with E-state index in [1.807, 2.05) is 6.20 Å². The van der Waals surface area contributed by atoms with Gasteiger partial charge in [0.25, 0.3) is 0 Å². The molecular formula is C36H25N. The van der Waals surface area contributed by atoms with Crippen LogP contribution in [-0.4, -0.2) is 4.98 Å². The van der Waals surface area contributed by atoms with E-state index in [2.05, 4.69) is 91.0 Å². The fourth-order valence-corrected chi connectivity index (χ4v) is 8.56. The van der Waals surface area contributed by atoms with Crippen LogP contribution < -0.4 is 0 Å². The predicted octanol–water partition coefficient (Wildman–Crippen LogP) is 8.41. The molecule has 5 aliphatic rings. The van der Waals surface area contributed by atoms with Crippen molar-refractivity contribution >= 4 is 16.5 Å². The molecular weight excluding hydrogens is 446 g/mol. The van der Waals surface area contributed by atoms with Crippen molar-refractivity contribution in [3.05, 3.63) is 131 Å². The molecule has 0 N–H and O–H groups in total. The molecule has 10 rings (SSSR count). The summed E-state index contributed by atoms with van der Waals surface area (Å²) in [6.45, 7) is 0. The monoisotopic (exact) mass is 471 g/mol. The Balaban J connectivity index is 1.31. The minimum absolute atomic E-state index is 0.0295. The number of benzene rings is 4. The van der Waals surface area contributed by atoms with Crippen LogP contribution in [0.5, 0.6) is 0 Å². The predicted molar refractivity (Wildman–Crippen MR) is 150 cm³/mol. The number of pyridine rings is 1. The maximum absolute atomic E-state index is 4.93. The van der Waals surface area contributed by atoms with Crippen LogP contribution >= 0.6 is 0 Å². The molecule has 37 heavy (non-hydrogen) atoms. The van der Waals surface area contributed by atoms with Crippen molar-refractivity contribution in [3.8, 4) is 22.3 Å². The van der Waals surface area contributed by atoms with Crippen LogP contribution in [0, 0.1) is 5.92 Å². The average Bonchev–Trinajstić information content (AvgIpc) is 3.86. The third-order valence-corrected chi connectivity index (χ3v) is 10.2. The number of rotatable bonds is 1. The summed E-state index contributed by atoms with van der Waals surface area (Å²) in [5.41, 5.74) is 18.0. The highest BCUT2D eigenvalue weighted by atomic mass is 14.7. The third-order valence-electron chi connectivity index (χ3n) is 10.2. The third kappa shape index (κ3) is 2.22. The fraction of sp³-hybridized carbons (Fsp3) is 0.194. The normalized spacial score (nSPS) is 26.6. The van der Waals surface area contributed by atoms with Crippen molar-refractivity contribution in [3.63, 3.8) is 0 Å². The van der Waals surface area contributed by atoms with Crippen LogP contribution in [-0.2, 0) is 11.8 Å². The first-order valence-corrected chi connectivity index (χ1v) is 13.8. The van der Waals surface area contributed by atoms with Gasteiger partial charge in [-0.2, -0.15) is 0 Å². The largest absolute Gasteiger partial charge is 0.256 e. The van der Waals surface area contributed by atoms with E-state index in [9.17, 15) is 0 Å². The van der Waals surface area contributed by atoms with E-state index >= 15 is 0 Å². The van der Waals surface area contributed by atoms with Crippen molar-refractivity contribution < 1.29 is 0 Å². The molecule has 4 aromatic carbocycles. The summed E-state index contributed by atoms with van der Waals surface area (Å²) in [6.07, 6.45) is 8.19. The molecule has 5 aromatic rings. The Morgan fingerprint density at radius 2 is 1.51 bits per heavy atom. The minimum Gasteiger partial charge on any atom is -0.256 e. The number of nitrogens with zero attached hydrogens (tertiary/aromatic N) is 1. The van der Waals surface area contributed by atoms with Gasteiger partial charge in [0.2, 0.25) is 0 Å². The van der Waals surface area contributed by atoms with Gasteiger partial charge < -0.3 is 0 Å². The second kappa shape index (κ2) is 6.29. The topological polar surface area (TPSA) is 12.9 Å². The highest BCUT2D eigenvalue weighted by Crippen LogP contribution is 2.73. The van der Waals surface area contributed by atoms with E-state index in [4.69, 9.17) is 4.98 Å². The van der Waals surface area contributed by atoms with Crippen molar-refractivity contribution in [2.24, 2.45) is 5.92 Å². The van der Waals surface area contributed by atoms with Crippen molar-refractivity contribution in [1.29, 1.82) is 0 Å². The lowest BCUT2D eigenvalue weighted by Crippen LogP contribution is -2.20. The van der Waals surface area contributed by atoms with Gasteiger partial charge in [-0.25, -0.2) is 0 Å². The Labute approximate surface area is 216 Å². The fourth-order valence-electron chi connectivity index (χ4n) is 8.56. The molecule has 2 bridgehead atoms. The molecule has 5 aliphatic carbocycles.